The van der Waals surface area contributed by atoms with Gasteiger partial charge in [0.1, 0.15) is 0 Å². The van der Waals surface area contributed by atoms with Crippen LogP contribution >= 0.6 is 0 Å². The molecular weight excluding hydrogens is 336 g/mol. The third kappa shape index (κ3) is 2.28. The smallest absolute Gasteiger partial charge is 0.303 e. The lowest BCUT2D eigenvalue weighted by Crippen LogP contribution is -2.04. The van der Waals surface area contributed by atoms with Gasteiger partial charge in [0, 0.05) is 12.0 Å². The van der Waals surface area contributed by atoms with E-state index in [0.29, 0.717) is 5.56 Å². The summed E-state index contributed by atoms with van der Waals surface area (Å²) in [7, 11) is 0. The molecule has 0 radical (unpaired) electrons. The number of carbonyl (C=O) groups excluding carboxylic acids is 1. The minimum absolute atomic E-state index is 0.0141. The number of ketones is 1. The van der Waals surface area contributed by atoms with Crippen molar-refractivity contribution in [2.75, 3.05) is 0 Å². The Morgan fingerprint density at radius 2 is 1.19 bits per heavy atom. The van der Waals surface area contributed by atoms with E-state index in [9.17, 15) is 9.59 Å². The number of carboxylic acid groups (broad SMARTS) is 1. The summed E-state index contributed by atoms with van der Waals surface area (Å²) in [6.45, 7) is 0. The van der Waals surface area contributed by atoms with Crippen LogP contribution in [0.25, 0.3) is 43.1 Å². The van der Waals surface area contributed by atoms with E-state index in [1.54, 1.807) is 0 Å². The van der Waals surface area contributed by atoms with Crippen molar-refractivity contribution in [3.8, 4) is 0 Å². The summed E-state index contributed by atoms with van der Waals surface area (Å²) in [4.78, 5) is 23.5. The molecule has 0 aliphatic heterocycles. The molecule has 3 heteroatoms. The van der Waals surface area contributed by atoms with Gasteiger partial charge in [0.05, 0.1) is 6.42 Å². The Morgan fingerprint density at radius 3 is 1.85 bits per heavy atom. The summed E-state index contributed by atoms with van der Waals surface area (Å²) >= 11 is 0. The topological polar surface area (TPSA) is 54.4 Å². The van der Waals surface area contributed by atoms with Gasteiger partial charge in [-0.15, -0.1) is 0 Å². The normalized spacial score (nSPS) is 11.7. The van der Waals surface area contributed by atoms with E-state index in [1.165, 1.54) is 21.5 Å². The second-order valence-electron chi connectivity index (χ2n) is 6.91. The van der Waals surface area contributed by atoms with Gasteiger partial charge in [0.2, 0.25) is 0 Å². The Kier molecular flexibility index (Phi) is 3.37. The second-order valence-corrected chi connectivity index (χ2v) is 6.91. The maximum absolute atomic E-state index is 12.7. The molecule has 3 nitrogen and oxygen atoms in total. The van der Waals surface area contributed by atoms with E-state index in [1.807, 2.05) is 24.3 Å². The Labute approximate surface area is 155 Å². The highest BCUT2D eigenvalue weighted by Gasteiger charge is 2.17. The van der Waals surface area contributed by atoms with Crippen molar-refractivity contribution in [3.05, 3.63) is 72.3 Å². The fraction of sp³-hybridized carbons (Fsp3) is 0.0833. The zero-order valence-corrected chi connectivity index (χ0v) is 14.5. The van der Waals surface area contributed by atoms with Crippen molar-refractivity contribution in [1.82, 2.24) is 0 Å². The first kappa shape index (κ1) is 15.8. The van der Waals surface area contributed by atoms with E-state index in [4.69, 9.17) is 5.11 Å². The summed E-state index contributed by atoms with van der Waals surface area (Å²) in [5, 5.41) is 17.9. The molecule has 130 valence electrons. The van der Waals surface area contributed by atoms with Crippen LogP contribution in [-0.4, -0.2) is 16.9 Å². The van der Waals surface area contributed by atoms with Crippen LogP contribution in [0.1, 0.15) is 23.2 Å². The number of carboxylic acids is 1. The molecule has 5 aromatic carbocycles. The van der Waals surface area contributed by atoms with Crippen LogP contribution in [0.15, 0.2) is 66.7 Å². The van der Waals surface area contributed by atoms with Gasteiger partial charge in [-0.25, -0.2) is 0 Å². The minimum Gasteiger partial charge on any atom is -0.481 e. The fourth-order valence-electron chi connectivity index (χ4n) is 4.24. The highest BCUT2D eigenvalue weighted by molar-refractivity contribution is 6.34. The van der Waals surface area contributed by atoms with Crippen LogP contribution in [0.2, 0.25) is 0 Å². The molecule has 1 N–H and O–H groups in total. The van der Waals surface area contributed by atoms with E-state index >= 15 is 0 Å². The number of benzene rings is 5. The van der Waals surface area contributed by atoms with E-state index in [2.05, 4.69) is 42.5 Å². The van der Waals surface area contributed by atoms with E-state index in [0.717, 1.165) is 21.5 Å². The Hall–Kier alpha value is -3.46. The summed E-state index contributed by atoms with van der Waals surface area (Å²) in [6.07, 6.45) is -0.135. The summed E-state index contributed by atoms with van der Waals surface area (Å²) in [5.41, 5.74) is 0.600. The van der Waals surface area contributed by atoms with Crippen LogP contribution in [-0.2, 0) is 4.79 Å². The molecule has 0 saturated carbocycles. The summed E-state index contributed by atoms with van der Waals surface area (Å²) in [6, 6.07) is 22.5. The van der Waals surface area contributed by atoms with Gasteiger partial charge in [-0.1, -0.05) is 66.7 Å². The molecule has 0 aliphatic rings. The number of hydrogen-bond acceptors (Lipinski definition) is 2. The predicted octanol–water partition coefficient (Wildman–Crippen LogP) is 5.78. The lowest BCUT2D eigenvalue weighted by molar-refractivity contribution is -0.136. The molecule has 5 rings (SSSR count). The molecule has 0 spiro atoms. The van der Waals surface area contributed by atoms with Gasteiger partial charge in [-0.2, -0.15) is 0 Å². The first-order valence-corrected chi connectivity index (χ1v) is 8.98. The zero-order chi connectivity index (χ0) is 18.5. The van der Waals surface area contributed by atoms with Gasteiger partial charge < -0.3 is 5.11 Å². The van der Waals surface area contributed by atoms with Crippen LogP contribution in [0.5, 0.6) is 0 Å². The Balaban J connectivity index is 1.90. The standard InChI is InChI=1S/C24H16O3/c25-21(12-13-22(26)27)15-10-11-20-18-7-2-5-14-4-1-6-17(23(14)18)19-9-3-8-16(15)24(19)20/h1-11H,12-13H2,(H,26,27). The first-order chi connectivity index (χ1) is 13.1. The summed E-state index contributed by atoms with van der Waals surface area (Å²) in [5.74, 6) is -1.08. The number of aliphatic carboxylic acids is 1. The molecule has 27 heavy (non-hydrogen) atoms. The molecule has 0 saturated heterocycles. The molecular formula is C24H16O3. The second kappa shape index (κ2) is 5.78. The molecule has 0 bridgehead atoms. The quantitative estimate of drug-likeness (QED) is 0.253. The lowest BCUT2D eigenvalue weighted by Gasteiger charge is -2.15. The number of fused-ring (bicyclic) bond motifs is 2. The van der Waals surface area contributed by atoms with Crippen molar-refractivity contribution >= 4 is 54.8 Å². The lowest BCUT2D eigenvalue weighted by atomic mass is 9.87. The fourth-order valence-corrected chi connectivity index (χ4v) is 4.24. The maximum atomic E-state index is 12.7. The molecule has 0 heterocycles. The van der Waals surface area contributed by atoms with Crippen molar-refractivity contribution < 1.29 is 14.7 Å². The molecule has 0 aromatic heterocycles. The minimum atomic E-state index is -0.952. The van der Waals surface area contributed by atoms with Crippen LogP contribution in [0, 0.1) is 0 Å². The molecule has 0 atom stereocenters. The molecule has 5 aromatic rings. The van der Waals surface area contributed by atoms with Gasteiger partial charge in [-0.3, -0.25) is 9.59 Å². The molecule has 0 fully saturated rings. The number of rotatable bonds is 4. The Morgan fingerprint density at radius 1 is 0.630 bits per heavy atom. The molecule has 0 amide bonds. The van der Waals surface area contributed by atoms with Crippen LogP contribution < -0.4 is 0 Å². The number of hydrogen-bond donors (Lipinski definition) is 1. The highest BCUT2D eigenvalue weighted by Crippen LogP contribution is 2.41. The average molecular weight is 352 g/mol. The van der Waals surface area contributed by atoms with Gasteiger partial charge in [-0.05, 0) is 43.1 Å². The van der Waals surface area contributed by atoms with Crippen LogP contribution in [0.3, 0.4) is 0 Å². The third-order valence-corrected chi connectivity index (χ3v) is 5.39. The van der Waals surface area contributed by atoms with Crippen molar-refractivity contribution in [3.63, 3.8) is 0 Å². The monoisotopic (exact) mass is 352 g/mol. The van der Waals surface area contributed by atoms with E-state index in [-0.39, 0.29) is 18.6 Å². The van der Waals surface area contributed by atoms with Crippen molar-refractivity contribution in [2.45, 2.75) is 12.8 Å². The van der Waals surface area contributed by atoms with Crippen molar-refractivity contribution in [2.24, 2.45) is 0 Å². The highest BCUT2D eigenvalue weighted by atomic mass is 16.4. The van der Waals surface area contributed by atoms with Gasteiger partial charge >= 0.3 is 5.97 Å². The van der Waals surface area contributed by atoms with Crippen molar-refractivity contribution in [1.29, 1.82) is 0 Å². The van der Waals surface area contributed by atoms with E-state index < -0.39 is 5.97 Å². The number of Topliss-reactive ketones (excluding diaryl/α,β-unsaturated/α-hetero) is 1. The number of carbonyl (C=O) groups is 2. The Bertz CT molecular complexity index is 1310. The largest absolute Gasteiger partial charge is 0.481 e. The SMILES string of the molecule is O=C(O)CCC(=O)c1ccc2c3cccc4cccc(c5cccc1c52)c43. The van der Waals surface area contributed by atoms with Crippen LogP contribution in [0.4, 0.5) is 0 Å². The predicted molar refractivity (Wildman–Crippen MR) is 109 cm³/mol. The summed E-state index contributed by atoms with van der Waals surface area (Å²) < 4.78 is 0. The van der Waals surface area contributed by atoms with Gasteiger partial charge in [0.15, 0.2) is 5.78 Å². The molecule has 0 unspecified atom stereocenters. The zero-order valence-electron chi connectivity index (χ0n) is 14.5. The maximum Gasteiger partial charge on any atom is 0.303 e. The molecule has 0 aliphatic carbocycles. The third-order valence-electron chi connectivity index (χ3n) is 5.39. The average Bonchev–Trinajstić information content (AvgIpc) is 2.69. The first-order valence-electron chi connectivity index (χ1n) is 8.98. The van der Waals surface area contributed by atoms with Gasteiger partial charge in [0.25, 0.3) is 0 Å².